The van der Waals surface area contributed by atoms with Crippen molar-refractivity contribution in [3.05, 3.63) is 59.9 Å². The molecule has 6 heteroatoms. The van der Waals surface area contributed by atoms with E-state index in [2.05, 4.69) is 26.1 Å². The second kappa shape index (κ2) is 8.58. The maximum absolute atomic E-state index is 11.4. The van der Waals surface area contributed by atoms with Gasteiger partial charge in [0.05, 0.1) is 7.11 Å². The van der Waals surface area contributed by atoms with Crippen LogP contribution in [0.25, 0.3) is 11.0 Å². The number of fused-ring (bicyclic) bond motifs is 1. The summed E-state index contributed by atoms with van der Waals surface area (Å²) in [4.78, 5) is 19.9. The number of hydrogen-bond acceptors (Lipinski definition) is 4. The number of aromatic amines is 1. The first-order chi connectivity index (χ1) is 12.7. The molecule has 0 unspecified atom stereocenters. The monoisotopic (exact) mass is 367 g/mol. The fourth-order valence-electron chi connectivity index (χ4n) is 2.93. The van der Waals surface area contributed by atoms with E-state index in [9.17, 15) is 4.79 Å². The maximum atomic E-state index is 11.4. The summed E-state index contributed by atoms with van der Waals surface area (Å²) in [6, 6.07) is 11.8. The van der Waals surface area contributed by atoms with E-state index in [0.29, 0.717) is 0 Å². The molecular formula is C20H21N3O2S. The number of ether oxygens (including phenoxy) is 1. The molecule has 0 aliphatic heterocycles. The molecule has 0 aliphatic carbocycles. The quantitative estimate of drug-likeness (QED) is 0.595. The fraction of sp³-hybridized carbons (Fsp3) is 0.250. The Bertz CT molecular complexity index is 920. The highest BCUT2D eigenvalue weighted by Crippen LogP contribution is 2.20. The zero-order chi connectivity index (χ0) is 18.4. The molecule has 0 bridgehead atoms. The standard InChI is InChI=1S/C20H21N3O2S/c1-25-20(24)23-18-5-3-2-4-15(18)7-9-16(26)8-6-14-10-12-21-19-17(14)11-13-22-19/h2-5,10-13H,6-9H2,1H3,(H,21,22)(H,23,24). The molecule has 134 valence electrons. The van der Waals surface area contributed by atoms with Gasteiger partial charge in [0.25, 0.3) is 0 Å². The van der Waals surface area contributed by atoms with Gasteiger partial charge in [0.15, 0.2) is 0 Å². The van der Waals surface area contributed by atoms with Crippen LogP contribution in [-0.2, 0) is 17.6 Å². The van der Waals surface area contributed by atoms with Crippen molar-refractivity contribution in [2.24, 2.45) is 0 Å². The van der Waals surface area contributed by atoms with Gasteiger partial charge in [-0.15, -0.1) is 0 Å². The average molecular weight is 367 g/mol. The SMILES string of the molecule is COC(=O)Nc1ccccc1CCC(=S)CCc1ccnc2[nH]ccc12. The number of nitrogens with zero attached hydrogens (tertiary/aromatic N) is 1. The van der Waals surface area contributed by atoms with E-state index >= 15 is 0 Å². The van der Waals surface area contributed by atoms with Gasteiger partial charge in [-0.05, 0) is 59.9 Å². The number of anilines is 1. The Balaban J connectivity index is 1.56. The minimum absolute atomic E-state index is 0.465. The van der Waals surface area contributed by atoms with Crippen molar-refractivity contribution in [1.29, 1.82) is 0 Å². The van der Waals surface area contributed by atoms with Crippen LogP contribution >= 0.6 is 12.2 Å². The summed E-state index contributed by atoms with van der Waals surface area (Å²) in [5, 5.41) is 3.90. The van der Waals surface area contributed by atoms with Crippen molar-refractivity contribution in [3.63, 3.8) is 0 Å². The molecule has 2 heterocycles. The van der Waals surface area contributed by atoms with Crippen molar-refractivity contribution in [2.75, 3.05) is 12.4 Å². The minimum Gasteiger partial charge on any atom is -0.453 e. The molecule has 0 fully saturated rings. The van der Waals surface area contributed by atoms with Crippen LogP contribution in [0, 0.1) is 0 Å². The van der Waals surface area contributed by atoms with Crippen LogP contribution in [0.5, 0.6) is 0 Å². The summed E-state index contributed by atoms with van der Waals surface area (Å²) in [5.74, 6) is 0. The molecule has 3 aromatic rings. The molecule has 3 rings (SSSR count). The zero-order valence-electron chi connectivity index (χ0n) is 14.6. The summed E-state index contributed by atoms with van der Waals surface area (Å²) in [5.41, 5.74) is 3.99. The van der Waals surface area contributed by atoms with E-state index < -0.39 is 6.09 Å². The number of methoxy groups -OCH3 is 1. The highest BCUT2D eigenvalue weighted by atomic mass is 32.1. The number of benzene rings is 1. The lowest BCUT2D eigenvalue weighted by Gasteiger charge is -2.11. The van der Waals surface area contributed by atoms with Gasteiger partial charge in [0, 0.05) is 23.5 Å². The Morgan fingerprint density at radius 2 is 1.92 bits per heavy atom. The molecule has 1 aromatic carbocycles. The van der Waals surface area contributed by atoms with E-state index in [4.69, 9.17) is 12.2 Å². The summed E-state index contributed by atoms with van der Waals surface area (Å²) >= 11 is 5.57. The van der Waals surface area contributed by atoms with Crippen LogP contribution in [0.1, 0.15) is 24.0 Å². The third-order valence-corrected chi connectivity index (χ3v) is 4.74. The molecule has 1 amide bonds. The van der Waals surface area contributed by atoms with E-state index in [1.54, 1.807) is 0 Å². The first-order valence-corrected chi connectivity index (χ1v) is 8.93. The van der Waals surface area contributed by atoms with Crippen molar-refractivity contribution in [3.8, 4) is 0 Å². The number of carbonyl (C=O) groups excluding carboxylic acids is 1. The highest BCUT2D eigenvalue weighted by molar-refractivity contribution is 7.80. The molecule has 5 nitrogen and oxygen atoms in total. The molecule has 0 saturated carbocycles. The minimum atomic E-state index is -0.465. The van der Waals surface area contributed by atoms with Gasteiger partial charge in [0.2, 0.25) is 0 Å². The third-order valence-electron chi connectivity index (χ3n) is 4.34. The Labute approximate surface area is 157 Å². The topological polar surface area (TPSA) is 67.0 Å². The number of hydrogen-bond donors (Lipinski definition) is 2. The van der Waals surface area contributed by atoms with E-state index in [1.165, 1.54) is 12.7 Å². The fourth-order valence-corrected chi connectivity index (χ4v) is 3.13. The molecule has 2 N–H and O–H groups in total. The number of rotatable bonds is 7. The summed E-state index contributed by atoms with van der Waals surface area (Å²) in [7, 11) is 1.35. The zero-order valence-corrected chi connectivity index (χ0v) is 15.4. The average Bonchev–Trinajstić information content (AvgIpc) is 3.15. The second-order valence-electron chi connectivity index (χ2n) is 6.02. The highest BCUT2D eigenvalue weighted by Gasteiger charge is 2.08. The van der Waals surface area contributed by atoms with Gasteiger partial charge in [-0.2, -0.15) is 0 Å². The van der Waals surface area contributed by atoms with Gasteiger partial charge in [0.1, 0.15) is 5.65 Å². The Hall–Kier alpha value is -2.73. The lowest BCUT2D eigenvalue weighted by Crippen LogP contribution is -2.12. The summed E-state index contributed by atoms with van der Waals surface area (Å²) in [6.45, 7) is 0. The number of aromatic nitrogens is 2. The van der Waals surface area contributed by atoms with Gasteiger partial charge < -0.3 is 9.72 Å². The van der Waals surface area contributed by atoms with Gasteiger partial charge in [-0.1, -0.05) is 30.4 Å². The molecule has 0 spiro atoms. The van der Waals surface area contributed by atoms with E-state index in [1.807, 2.05) is 42.7 Å². The van der Waals surface area contributed by atoms with E-state index in [-0.39, 0.29) is 0 Å². The lowest BCUT2D eigenvalue weighted by atomic mass is 10.0. The van der Waals surface area contributed by atoms with Gasteiger partial charge in [-0.25, -0.2) is 9.78 Å². The number of pyridine rings is 1. The number of aryl methyl sites for hydroxylation is 2. The lowest BCUT2D eigenvalue weighted by molar-refractivity contribution is 0.187. The number of amides is 1. The summed E-state index contributed by atoms with van der Waals surface area (Å²) < 4.78 is 4.67. The van der Waals surface area contributed by atoms with Gasteiger partial charge >= 0.3 is 6.09 Å². The Morgan fingerprint density at radius 1 is 1.15 bits per heavy atom. The Morgan fingerprint density at radius 3 is 2.73 bits per heavy atom. The normalized spacial score (nSPS) is 10.7. The molecular weight excluding hydrogens is 346 g/mol. The second-order valence-corrected chi connectivity index (χ2v) is 6.60. The predicted molar refractivity (Wildman–Crippen MR) is 108 cm³/mol. The number of H-pyrrole nitrogens is 1. The summed E-state index contributed by atoms with van der Waals surface area (Å²) in [6.07, 6.45) is 6.61. The Kier molecular flexibility index (Phi) is 5.96. The van der Waals surface area contributed by atoms with Crippen molar-refractivity contribution < 1.29 is 9.53 Å². The first-order valence-electron chi connectivity index (χ1n) is 8.53. The van der Waals surface area contributed by atoms with Crippen LogP contribution in [0.15, 0.2) is 48.8 Å². The smallest absolute Gasteiger partial charge is 0.411 e. The molecule has 26 heavy (non-hydrogen) atoms. The van der Waals surface area contributed by atoms with Crippen LogP contribution < -0.4 is 5.32 Å². The van der Waals surface area contributed by atoms with Crippen LogP contribution in [0.3, 0.4) is 0 Å². The number of para-hydroxylation sites is 1. The van der Waals surface area contributed by atoms with Gasteiger partial charge in [-0.3, -0.25) is 5.32 Å². The molecule has 0 aliphatic rings. The van der Waals surface area contributed by atoms with Crippen molar-refractivity contribution in [1.82, 2.24) is 9.97 Å². The van der Waals surface area contributed by atoms with Crippen LogP contribution in [0.2, 0.25) is 0 Å². The van der Waals surface area contributed by atoms with E-state index in [0.717, 1.165) is 52.8 Å². The molecule has 2 aromatic heterocycles. The number of nitrogens with one attached hydrogen (secondary N) is 2. The van der Waals surface area contributed by atoms with Crippen molar-refractivity contribution in [2.45, 2.75) is 25.7 Å². The predicted octanol–water partition coefficient (Wildman–Crippen LogP) is 4.68. The number of carbonyl (C=O) groups is 1. The molecule has 0 atom stereocenters. The van der Waals surface area contributed by atoms with Crippen molar-refractivity contribution >= 4 is 39.9 Å². The van der Waals surface area contributed by atoms with Crippen LogP contribution in [0.4, 0.5) is 10.5 Å². The third kappa shape index (κ3) is 4.46. The number of thiocarbonyl (C=S) groups is 1. The first kappa shape index (κ1) is 18.1. The molecule has 0 radical (unpaired) electrons. The molecule has 0 saturated heterocycles. The maximum Gasteiger partial charge on any atom is 0.411 e. The largest absolute Gasteiger partial charge is 0.453 e. The van der Waals surface area contributed by atoms with Crippen LogP contribution in [-0.4, -0.2) is 28.0 Å².